The van der Waals surface area contributed by atoms with Crippen molar-refractivity contribution < 1.29 is 0 Å². The van der Waals surface area contributed by atoms with Crippen molar-refractivity contribution in [3.63, 3.8) is 0 Å². The van der Waals surface area contributed by atoms with E-state index in [0.29, 0.717) is 5.92 Å². The number of aromatic amines is 1. The number of hydrogen-bond donors (Lipinski definition) is 2. The maximum absolute atomic E-state index is 12.1. The van der Waals surface area contributed by atoms with Crippen LogP contribution in [0.4, 0.5) is 0 Å². The summed E-state index contributed by atoms with van der Waals surface area (Å²) in [6.45, 7) is 1.96. The highest BCUT2D eigenvalue weighted by molar-refractivity contribution is 9.10. The first-order valence-corrected chi connectivity index (χ1v) is 8.61. The summed E-state index contributed by atoms with van der Waals surface area (Å²) in [6.07, 6.45) is 2.05. The summed E-state index contributed by atoms with van der Waals surface area (Å²) in [5.74, 6) is 0.358. The summed E-state index contributed by atoms with van der Waals surface area (Å²) >= 11 is 3.62. The monoisotopic (exact) mass is 372 g/mol. The smallest absolute Gasteiger partial charge is 0.251 e. The molecule has 1 saturated heterocycles. The van der Waals surface area contributed by atoms with E-state index >= 15 is 0 Å². The molecule has 5 nitrogen and oxygen atoms in total. The van der Waals surface area contributed by atoms with Gasteiger partial charge in [-0.2, -0.15) is 5.10 Å². The van der Waals surface area contributed by atoms with Gasteiger partial charge in [0.15, 0.2) is 5.65 Å². The Labute approximate surface area is 141 Å². The molecule has 118 valence electrons. The van der Waals surface area contributed by atoms with E-state index in [1.165, 1.54) is 0 Å². The number of rotatable bonds is 2. The topological polar surface area (TPSA) is 62.2 Å². The lowest BCUT2D eigenvalue weighted by molar-refractivity contribution is 0.446. The predicted molar refractivity (Wildman–Crippen MR) is 93.8 cm³/mol. The van der Waals surface area contributed by atoms with Crippen molar-refractivity contribution in [1.29, 1.82) is 0 Å². The minimum absolute atomic E-state index is 0.0776. The number of halogens is 1. The lowest BCUT2D eigenvalue weighted by Gasteiger charge is -2.23. The molecule has 0 radical (unpaired) electrons. The van der Waals surface area contributed by atoms with E-state index in [1.807, 2.05) is 34.8 Å². The average Bonchev–Trinajstić information content (AvgIpc) is 2.93. The number of benzene rings is 1. The quantitative estimate of drug-likeness (QED) is 0.726. The normalized spacial score (nSPS) is 16.0. The molecule has 0 spiro atoms. The van der Waals surface area contributed by atoms with Gasteiger partial charge in [-0.25, -0.2) is 4.52 Å². The standard InChI is InChI=1S/C17H17BrN4O/c18-15-16(12-4-2-1-3-5-12)21-22-13(10-14(23)20-17(15)22)11-6-8-19-9-7-11/h1-5,10-11,19H,6-9H2,(H,20,23). The first-order valence-electron chi connectivity index (χ1n) is 7.81. The van der Waals surface area contributed by atoms with Gasteiger partial charge in [-0.05, 0) is 41.9 Å². The van der Waals surface area contributed by atoms with Crippen molar-refractivity contribution in [3.8, 4) is 11.3 Å². The highest BCUT2D eigenvalue weighted by Crippen LogP contribution is 2.32. The molecule has 1 aliphatic heterocycles. The molecule has 0 atom stereocenters. The van der Waals surface area contributed by atoms with Gasteiger partial charge in [0.1, 0.15) is 5.69 Å². The number of fused-ring (bicyclic) bond motifs is 1. The molecule has 3 heterocycles. The van der Waals surface area contributed by atoms with Gasteiger partial charge < -0.3 is 10.3 Å². The van der Waals surface area contributed by atoms with Gasteiger partial charge in [-0.1, -0.05) is 30.3 Å². The van der Waals surface area contributed by atoms with E-state index in [0.717, 1.165) is 53.0 Å². The summed E-state index contributed by atoms with van der Waals surface area (Å²) in [4.78, 5) is 15.0. The van der Waals surface area contributed by atoms with Crippen molar-refractivity contribution in [1.82, 2.24) is 19.9 Å². The Morgan fingerprint density at radius 1 is 1.17 bits per heavy atom. The minimum Gasteiger partial charge on any atom is -0.317 e. The van der Waals surface area contributed by atoms with Gasteiger partial charge in [0.25, 0.3) is 5.56 Å². The van der Waals surface area contributed by atoms with Crippen molar-refractivity contribution in [2.24, 2.45) is 0 Å². The highest BCUT2D eigenvalue weighted by Gasteiger charge is 2.22. The van der Waals surface area contributed by atoms with Crippen LogP contribution in [0.5, 0.6) is 0 Å². The minimum atomic E-state index is -0.0776. The number of nitrogens with zero attached hydrogens (tertiary/aromatic N) is 2. The van der Waals surface area contributed by atoms with E-state index in [2.05, 4.69) is 26.2 Å². The Bertz CT molecular complexity index is 894. The molecular formula is C17H17BrN4O. The third-order valence-corrected chi connectivity index (χ3v) is 5.15. The van der Waals surface area contributed by atoms with Gasteiger partial charge in [0.2, 0.25) is 0 Å². The highest BCUT2D eigenvalue weighted by atomic mass is 79.9. The summed E-state index contributed by atoms with van der Waals surface area (Å²) in [5.41, 5.74) is 3.52. The van der Waals surface area contributed by atoms with Crippen LogP contribution in [-0.2, 0) is 0 Å². The SMILES string of the molecule is O=c1cc(C2CCNCC2)n2nc(-c3ccccc3)c(Br)c2[nH]1. The third kappa shape index (κ3) is 2.62. The van der Waals surface area contributed by atoms with Crippen molar-refractivity contribution in [3.05, 3.63) is 56.9 Å². The third-order valence-electron chi connectivity index (χ3n) is 4.40. The molecule has 2 aromatic heterocycles. The number of H-pyrrole nitrogens is 1. The van der Waals surface area contributed by atoms with E-state index in [-0.39, 0.29) is 5.56 Å². The van der Waals surface area contributed by atoms with Crippen LogP contribution in [0.15, 0.2) is 45.7 Å². The van der Waals surface area contributed by atoms with Gasteiger partial charge in [-0.15, -0.1) is 0 Å². The second-order valence-electron chi connectivity index (χ2n) is 5.87. The molecule has 6 heteroatoms. The molecule has 4 rings (SSSR count). The van der Waals surface area contributed by atoms with E-state index in [1.54, 1.807) is 6.07 Å². The largest absolute Gasteiger partial charge is 0.317 e. The fraction of sp³-hybridized carbons (Fsp3) is 0.294. The first-order chi connectivity index (χ1) is 11.2. The zero-order valence-electron chi connectivity index (χ0n) is 12.6. The number of aromatic nitrogens is 3. The van der Waals surface area contributed by atoms with Crippen LogP contribution in [0.2, 0.25) is 0 Å². The Morgan fingerprint density at radius 3 is 2.65 bits per heavy atom. The maximum Gasteiger partial charge on any atom is 0.251 e. The average molecular weight is 373 g/mol. The molecule has 0 saturated carbocycles. The molecule has 0 unspecified atom stereocenters. The second kappa shape index (κ2) is 5.94. The van der Waals surface area contributed by atoms with Gasteiger partial charge in [0, 0.05) is 17.5 Å². The first kappa shape index (κ1) is 14.7. The van der Waals surface area contributed by atoms with E-state index < -0.39 is 0 Å². The molecule has 1 fully saturated rings. The molecule has 1 aromatic carbocycles. The lowest BCUT2D eigenvalue weighted by Crippen LogP contribution is -2.28. The van der Waals surface area contributed by atoms with E-state index in [4.69, 9.17) is 5.10 Å². The van der Waals surface area contributed by atoms with Crippen LogP contribution in [0.25, 0.3) is 16.9 Å². The van der Waals surface area contributed by atoms with Crippen LogP contribution >= 0.6 is 15.9 Å². The summed E-state index contributed by atoms with van der Waals surface area (Å²) in [6, 6.07) is 11.7. The zero-order valence-corrected chi connectivity index (χ0v) is 14.1. The van der Waals surface area contributed by atoms with Crippen LogP contribution < -0.4 is 10.9 Å². The van der Waals surface area contributed by atoms with Gasteiger partial charge in [-0.3, -0.25) is 4.79 Å². The fourth-order valence-corrected chi connectivity index (χ4v) is 3.81. The summed E-state index contributed by atoms with van der Waals surface area (Å²) in [7, 11) is 0. The fourth-order valence-electron chi connectivity index (χ4n) is 3.23. The van der Waals surface area contributed by atoms with Crippen LogP contribution in [0.3, 0.4) is 0 Å². The van der Waals surface area contributed by atoms with Crippen molar-refractivity contribution in [2.45, 2.75) is 18.8 Å². The molecular weight excluding hydrogens is 356 g/mol. The second-order valence-corrected chi connectivity index (χ2v) is 6.66. The van der Waals surface area contributed by atoms with Crippen LogP contribution in [0, 0.1) is 0 Å². The Hall–Kier alpha value is -1.92. The van der Waals surface area contributed by atoms with Crippen molar-refractivity contribution in [2.75, 3.05) is 13.1 Å². The Balaban J connectivity index is 1.93. The van der Waals surface area contributed by atoms with Gasteiger partial charge in [0.05, 0.1) is 10.2 Å². The molecule has 0 amide bonds. The predicted octanol–water partition coefficient (Wildman–Crippen LogP) is 2.92. The molecule has 0 bridgehead atoms. The van der Waals surface area contributed by atoms with Crippen molar-refractivity contribution >= 4 is 21.6 Å². The number of nitrogens with one attached hydrogen (secondary N) is 2. The Kier molecular flexibility index (Phi) is 3.79. The van der Waals surface area contributed by atoms with E-state index in [9.17, 15) is 4.79 Å². The lowest BCUT2D eigenvalue weighted by atomic mass is 9.94. The zero-order chi connectivity index (χ0) is 15.8. The summed E-state index contributed by atoms with van der Waals surface area (Å²) in [5, 5.41) is 8.14. The Morgan fingerprint density at radius 2 is 1.91 bits per heavy atom. The maximum atomic E-state index is 12.1. The van der Waals surface area contributed by atoms with Crippen LogP contribution in [0.1, 0.15) is 24.5 Å². The number of hydrogen-bond acceptors (Lipinski definition) is 3. The number of piperidine rings is 1. The molecule has 2 N–H and O–H groups in total. The van der Waals surface area contributed by atoms with Crippen LogP contribution in [-0.4, -0.2) is 27.7 Å². The summed E-state index contributed by atoms with van der Waals surface area (Å²) < 4.78 is 2.72. The molecule has 3 aromatic rings. The molecule has 0 aliphatic carbocycles. The molecule has 23 heavy (non-hydrogen) atoms. The molecule has 1 aliphatic rings. The van der Waals surface area contributed by atoms with Gasteiger partial charge >= 0.3 is 0 Å².